The SMILES string of the molecule is CC.[B]C([B])(c1cccc(C(=O)N2CCC(OC)C2)n1)N1CCC(C)CC1. The van der Waals surface area contributed by atoms with Crippen molar-refractivity contribution < 1.29 is 9.53 Å². The molecule has 1 amide bonds. The first-order valence-electron chi connectivity index (χ1n) is 10.0. The van der Waals surface area contributed by atoms with Crippen LogP contribution in [0.2, 0.25) is 0 Å². The van der Waals surface area contributed by atoms with Gasteiger partial charge < -0.3 is 14.5 Å². The third-order valence-electron chi connectivity index (χ3n) is 5.45. The lowest BCUT2D eigenvalue weighted by Crippen LogP contribution is -2.51. The second kappa shape index (κ2) is 9.74. The molecule has 1 aromatic rings. The molecule has 0 aromatic carbocycles. The van der Waals surface area contributed by atoms with Gasteiger partial charge in [0.05, 0.1) is 21.8 Å². The molecule has 0 bridgehead atoms. The number of pyridine rings is 1. The van der Waals surface area contributed by atoms with Crippen molar-refractivity contribution in [2.75, 3.05) is 33.3 Å². The summed E-state index contributed by atoms with van der Waals surface area (Å²) in [6, 6.07) is 5.33. The summed E-state index contributed by atoms with van der Waals surface area (Å²) in [7, 11) is 14.5. The van der Waals surface area contributed by atoms with Crippen molar-refractivity contribution >= 4 is 21.6 Å². The van der Waals surface area contributed by atoms with E-state index in [1.165, 1.54) is 0 Å². The second-order valence-corrected chi connectivity index (χ2v) is 7.30. The number of ether oxygens (including phenoxy) is 1. The molecule has 2 aliphatic heterocycles. The summed E-state index contributed by atoms with van der Waals surface area (Å²) >= 11 is 0. The maximum Gasteiger partial charge on any atom is 0.272 e. The lowest BCUT2D eigenvalue weighted by Gasteiger charge is -2.43. The lowest BCUT2D eigenvalue weighted by molar-refractivity contribution is 0.0718. The van der Waals surface area contributed by atoms with E-state index in [9.17, 15) is 4.79 Å². The van der Waals surface area contributed by atoms with Crippen LogP contribution in [0, 0.1) is 5.92 Å². The average Bonchev–Trinajstić information content (AvgIpc) is 3.19. The van der Waals surface area contributed by atoms with Crippen molar-refractivity contribution in [3.63, 3.8) is 0 Å². The van der Waals surface area contributed by atoms with E-state index < -0.39 is 5.34 Å². The van der Waals surface area contributed by atoms with E-state index in [4.69, 9.17) is 20.4 Å². The van der Waals surface area contributed by atoms with Gasteiger partial charge >= 0.3 is 0 Å². The van der Waals surface area contributed by atoms with Gasteiger partial charge in [-0.05, 0) is 55.7 Å². The van der Waals surface area contributed by atoms with Gasteiger partial charge in [0.15, 0.2) is 0 Å². The van der Waals surface area contributed by atoms with E-state index in [0.717, 1.165) is 32.4 Å². The first-order chi connectivity index (χ1) is 12.9. The van der Waals surface area contributed by atoms with Gasteiger partial charge in [-0.15, -0.1) is 0 Å². The summed E-state index contributed by atoms with van der Waals surface area (Å²) in [6.45, 7) is 9.21. The summed E-state index contributed by atoms with van der Waals surface area (Å²) in [5, 5.41) is -1.16. The predicted octanol–water partition coefficient (Wildman–Crippen LogP) is 2.15. The molecule has 3 rings (SSSR count). The fourth-order valence-electron chi connectivity index (χ4n) is 3.58. The highest BCUT2D eigenvalue weighted by molar-refractivity contribution is 6.39. The topological polar surface area (TPSA) is 45.7 Å². The summed E-state index contributed by atoms with van der Waals surface area (Å²) in [5.74, 6) is 0.598. The quantitative estimate of drug-likeness (QED) is 0.766. The number of hydrogen-bond acceptors (Lipinski definition) is 4. The number of aromatic nitrogens is 1. The molecule has 144 valence electrons. The largest absolute Gasteiger partial charge is 0.380 e. The van der Waals surface area contributed by atoms with Crippen molar-refractivity contribution in [2.24, 2.45) is 5.92 Å². The lowest BCUT2D eigenvalue weighted by atomic mass is 9.58. The molecule has 0 saturated carbocycles. The van der Waals surface area contributed by atoms with Crippen LogP contribution in [-0.2, 0) is 10.1 Å². The Morgan fingerprint density at radius 1 is 1.19 bits per heavy atom. The molecule has 2 saturated heterocycles. The number of hydrogen-bond donors (Lipinski definition) is 0. The van der Waals surface area contributed by atoms with E-state index in [2.05, 4.69) is 16.8 Å². The smallest absolute Gasteiger partial charge is 0.272 e. The minimum absolute atomic E-state index is 0.0931. The first-order valence-corrected chi connectivity index (χ1v) is 10.0. The van der Waals surface area contributed by atoms with Crippen molar-refractivity contribution in [2.45, 2.75) is 51.5 Å². The van der Waals surface area contributed by atoms with Gasteiger partial charge in [0.2, 0.25) is 0 Å². The van der Waals surface area contributed by atoms with E-state index in [1.807, 2.05) is 13.8 Å². The number of methoxy groups -OCH3 is 1. The monoisotopic (exact) mass is 367 g/mol. The van der Waals surface area contributed by atoms with Crippen LogP contribution in [0.25, 0.3) is 0 Å². The molecule has 2 aliphatic rings. The van der Waals surface area contributed by atoms with Crippen LogP contribution < -0.4 is 0 Å². The number of nitrogens with zero attached hydrogens (tertiary/aromatic N) is 3. The zero-order valence-corrected chi connectivity index (χ0v) is 17.1. The molecular formula is C20H31B2N3O2. The maximum atomic E-state index is 12.7. The Balaban J connectivity index is 0.00000126. The summed E-state index contributed by atoms with van der Waals surface area (Å²) in [4.78, 5) is 21.1. The highest BCUT2D eigenvalue weighted by atomic mass is 16.5. The van der Waals surface area contributed by atoms with E-state index >= 15 is 0 Å². The number of carbonyl (C=O) groups excluding carboxylic acids is 1. The summed E-state index contributed by atoms with van der Waals surface area (Å²) in [6.07, 6.45) is 3.10. The van der Waals surface area contributed by atoms with E-state index in [-0.39, 0.29) is 12.0 Å². The molecule has 0 aliphatic carbocycles. The van der Waals surface area contributed by atoms with E-state index in [0.29, 0.717) is 30.4 Å². The Labute approximate surface area is 166 Å². The molecule has 3 heterocycles. The third kappa shape index (κ3) is 5.14. The molecule has 27 heavy (non-hydrogen) atoms. The first kappa shape index (κ1) is 22.0. The Bertz CT molecular complexity index is 619. The average molecular weight is 367 g/mol. The van der Waals surface area contributed by atoms with Gasteiger partial charge in [-0.3, -0.25) is 4.79 Å². The van der Waals surface area contributed by atoms with Crippen molar-refractivity contribution in [1.82, 2.24) is 14.8 Å². The molecule has 1 atom stereocenters. The second-order valence-electron chi connectivity index (χ2n) is 7.30. The molecule has 0 N–H and O–H groups in total. The van der Waals surface area contributed by atoms with Gasteiger partial charge in [0, 0.05) is 25.9 Å². The Morgan fingerprint density at radius 2 is 1.85 bits per heavy atom. The van der Waals surface area contributed by atoms with Crippen LogP contribution in [0.3, 0.4) is 0 Å². The number of amides is 1. The Morgan fingerprint density at radius 3 is 2.44 bits per heavy atom. The van der Waals surface area contributed by atoms with Gasteiger partial charge in [-0.2, -0.15) is 0 Å². The van der Waals surface area contributed by atoms with Crippen LogP contribution in [0.1, 0.15) is 56.2 Å². The Hall–Kier alpha value is -1.33. The predicted molar refractivity (Wildman–Crippen MR) is 110 cm³/mol. The molecule has 7 heteroatoms. The minimum Gasteiger partial charge on any atom is -0.380 e. The number of carbonyl (C=O) groups is 1. The molecule has 1 aromatic heterocycles. The zero-order chi connectivity index (χ0) is 20.0. The normalized spacial score (nSPS) is 21.6. The third-order valence-corrected chi connectivity index (χ3v) is 5.45. The molecule has 5 nitrogen and oxygen atoms in total. The number of rotatable bonds is 4. The van der Waals surface area contributed by atoms with E-state index in [1.54, 1.807) is 30.2 Å². The number of likely N-dealkylation sites (tertiary alicyclic amines) is 2. The summed E-state index contributed by atoms with van der Waals surface area (Å²) in [5.41, 5.74) is 0.926. The van der Waals surface area contributed by atoms with Crippen LogP contribution >= 0.6 is 0 Å². The minimum atomic E-state index is -1.16. The molecule has 1 unspecified atom stereocenters. The molecule has 0 spiro atoms. The fraction of sp³-hybridized carbons (Fsp3) is 0.700. The van der Waals surface area contributed by atoms with Crippen molar-refractivity contribution in [3.8, 4) is 0 Å². The van der Waals surface area contributed by atoms with Crippen molar-refractivity contribution in [1.29, 1.82) is 0 Å². The van der Waals surface area contributed by atoms with Crippen LogP contribution in [0.4, 0.5) is 0 Å². The van der Waals surface area contributed by atoms with Gasteiger partial charge in [0.1, 0.15) is 5.69 Å². The number of piperidine rings is 1. The zero-order valence-electron chi connectivity index (χ0n) is 17.1. The van der Waals surface area contributed by atoms with Crippen molar-refractivity contribution in [3.05, 3.63) is 29.6 Å². The highest BCUT2D eigenvalue weighted by Gasteiger charge is 2.33. The molecular weight excluding hydrogens is 336 g/mol. The van der Waals surface area contributed by atoms with Gasteiger partial charge in [0.25, 0.3) is 5.91 Å². The van der Waals surface area contributed by atoms with Crippen LogP contribution in [-0.4, -0.2) is 75.8 Å². The van der Waals surface area contributed by atoms with Crippen LogP contribution in [0.15, 0.2) is 18.2 Å². The van der Waals surface area contributed by atoms with Gasteiger partial charge in [-0.1, -0.05) is 26.8 Å². The molecule has 2 fully saturated rings. The molecule has 4 radical (unpaired) electrons. The standard InChI is InChI=1S/C18H25B2N3O2.C2H6/c1-13-6-10-23(11-7-13)18(19,20)16-5-3-4-15(21-16)17(24)22-9-8-14(12-22)25-2;1-2/h3-5,13-14H,6-12H2,1-2H3;1-2H3. The van der Waals surface area contributed by atoms with Gasteiger partial charge in [-0.25, -0.2) is 4.98 Å². The highest BCUT2D eigenvalue weighted by Crippen LogP contribution is 2.27. The van der Waals surface area contributed by atoms with Crippen LogP contribution in [0.5, 0.6) is 0 Å². The fourth-order valence-corrected chi connectivity index (χ4v) is 3.58. The summed E-state index contributed by atoms with van der Waals surface area (Å²) < 4.78 is 5.33. The maximum absolute atomic E-state index is 12.7. The Kier molecular flexibility index (Phi) is 7.92.